The van der Waals surface area contributed by atoms with Crippen LogP contribution in [0.2, 0.25) is 0 Å². The molecule has 2 rings (SSSR count). The Morgan fingerprint density at radius 3 is 2.78 bits per heavy atom. The van der Waals surface area contributed by atoms with E-state index in [4.69, 9.17) is 14.2 Å². The van der Waals surface area contributed by atoms with Crippen molar-refractivity contribution in [3.8, 4) is 5.75 Å². The zero-order chi connectivity index (χ0) is 18.5. The highest BCUT2D eigenvalue weighted by Gasteiger charge is 2.09. The molecule has 8 heteroatoms. The molecular weight excluding hydrogens is 459 g/mol. The van der Waals surface area contributed by atoms with Crippen molar-refractivity contribution in [1.82, 2.24) is 15.5 Å². The smallest absolute Gasteiger partial charge is 0.191 e. The van der Waals surface area contributed by atoms with Crippen molar-refractivity contribution in [2.45, 2.75) is 13.5 Å². The molecule has 0 unspecified atom stereocenters. The molecule has 1 aliphatic heterocycles. The van der Waals surface area contributed by atoms with Gasteiger partial charge in [0, 0.05) is 39.8 Å². The summed E-state index contributed by atoms with van der Waals surface area (Å²) in [5.41, 5.74) is 1.12. The molecule has 0 radical (unpaired) electrons. The lowest BCUT2D eigenvalue weighted by molar-refractivity contribution is 0.0389. The molecule has 0 spiro atoms. The standard InChI is InChI=1S/C19H32N4O3.HI/c1-3-20-19(21-7-8-23-9-11-25-12-10-23)22-16-17-5-4-6-18(15-17)26-14-13-24-2;/h4-6,15H,3,7-14,16H2,1-2H3,(H2,20,21,22);1H. The van der Waals surface area contributed by atoms with Crippen molar-refractivity contribution >= 4 is 29.9 Å². The number of guanidine groups is 1. The molecule has 1 heterocycles. The molecular formula is C19H33IN4O3. The van der Waals surface area contributed by atoms with Gasteiger partial charge in [0.15, 0.2) is 5.96 Å². The zero-order valence-electron chi connectivity index (χ0n) is 16.4. The molecule has 27 heavy (non-hydrogen) atoms. The average molecular weight is 492 g/mol. The van der Waals surface area contributed by atoms with Crippen LogP contribution in [0.5, 0.6) is 5.75 Å². The Labute approximate surface area is 179 Å². The highest BCUT2D eigenvalue weighted by Crippen LogP contribution is 2.14. The van der Waals surface area contributed by atoms with Crippen LogP contribution in [0.25, 0.3) is 0 Å². The molecule has 1 aliphatic rings. The fraction of sp³-hybridized carbons (Fsp3) is 0.632. The van der Waals surface area contributed by atoms with Crippen molar-refractivity contribution in [1.29, 1.82) is 0 Å². The van der Waals surface area contributed by atoms with E-state index in [1.807, 2.05) is 18.2 Å². The Morgan fingerprint density at radius 1 is 1.22 bits per heavy atom. The summed E-state index contributed by atoms with van der Waals surface area (Å²) in [5, 5.41) is 6.70. The molecule has 154 valence electrons. The Balaban J connectivity index is 0.00000364. The Morgan fingerprint density at radius 2 is 2.04 bits per heavy atom. The van der Waals surface area contributed by atoms with Crippen molar-refractivity contribution in [2.24, 2.45) is 4.99 Å². The average Bonchev–Trinajstić information content (AvgIpc) is 2.67. The van der Waals surface area contributed by atoms with E-state index in [-0.39, 0.29) is 24.0 Å². The number of nitrogens with one attached hydrogen (secondary N) is 2. The number of halogens is 1. The van der Waals surface area contributed by atoms with Gasteiger partial charge in [0.2, 0.25) is 0 Å². The van der Waals surface area contributed by atoms with Gasteiger partial charge in [-0.15, -0.1) is 24.0 Å². The number of hydrogen-bond acceptors (Lipinski definition) is 5. The summed E-state index contributed by atoms with van der Waals surface area (Å²) in [6.07, 6.45) is 0. The molecule has 2 N–H and O–H groups in total. The summed E-state index contributed by atoms with van der Waals surface area (Å²) in [5.74, 6) is 1.69. The van der Waals surface area contributed by atoms with E-state index in [0.717, 1.165) is 63.2 Å². The summed E-state index contributed by atoms with van der Waals surface area (Å²) in [4.78, 5) is 7.08. The van der Waals surface area contributed by atoms with Gasteiger partial charge in [-0.2, -0.15) is 0 Å². The third kappa shape index (κ3) is 10.1. The van der Waals surface area contributed by atoms with Gasteiger partial charge in [-0.1, -0.05) is 12.1 Å². The molecule has 1 aromatic rings. The van der Waals surface area contributed by atoms with Gasteiger partial charge in [-0.3, -0.25) is 4.90 Å². The number of rotatable bonds is 10. The maximum atomic E-state index is 5.65. The quantitative estimate of drug-likeness (QED) is 0.225. The van der Waals surface area contributed by atoms with E-state index in [1.54, 1.807) is 7.11 Å². The maximum Gasteiger partial charge on any atom is 0.191 e. The number of morpholine rings is 1. The lowest BCUT2D eigenvalue weighted by Crippen LogP contribution is -2.44. The van der Waals surface area contributed by atoms with Crippen LogP contribution >= 0.6 is 24.0 Å². The molecule has 0 aromatic heterocycles. The first-order valence-electron chi connectivity index (χ1n) is 9.34. The first kappa shape index (κ1) is 23.9. The minimum absolute atomic E-state index is 0. The Bertz CT molecular complexity index is 539. The van der Waals surface area contributed by atoms with Crippen LogP contribution in [-0.2, 0) is 16.0 Å². The SMILES string of the molecule is CCNC(=NCc1cccc(OCCOC)c1)NCCN1CCOCC1.I. The van der Waals surface area contributed by atoms with E-state index < -0.39 is 0 Å². The van der Waals surface area contributed by atoms with Crippen LogP contribution in [0, 0.1) is 0 Å². The van der Waals surface area contributed by atoms with Gasteiger partial charge in [0.05, 0.1) is 26.4 Å². The second-order valence-electron chi connectivity index (χ2n) is 6.06. The highest BCUT2D eigenvalue weighted by molar-refractivity contribution is 14.0. The third-order valence-corrected chi connectivity index (χ3v) is 4.04. The van der Waals surface area contributed by atoms with Gasteiger partial charge in [-0.25, -0.2) is 4.99 Å². The second-order valence-corrected chi connectivity index (χ2v) is 6.06. The fourth-order valence-electron chi connectivity index (χ4n) is 2.65. The lowest BCUT2D eigenvalue weighted by atomic mass is 10.2. The number of ether oxygens (including phenoxy) is 3. The van der Waals surface area contributed by atoms with Crippen molar-refractivity contribution < 1.29 is 14.2 Å². The van der Waals surface area contributed by atoms with Gasteiger partial charge in [0.25, 0.3) is 0 Å². The monoisotopic (exact) mass is 492 g/mol. The summed E-state index contributed by atoms with van der Waals surface area (Å²) in [7, 11) is 1.67. The Kier molecular flexibility index (Phi) is 13.2. The van der Waals surface area contributed by atoms with E-state index >= 15 is 0 Å². The molecule has 0 amide bonds. The number of hydrogen-bond donors (Lipinski definition) is 2. The van der Waals surface area contributed by atoms with Crippen LogP contribution in [-0.4, -0.2) is 77.1 Å². The van der Waals surface area contributed by atoms with Crippen molar-refractivity contribution in [3.63, 3.8) is 0 Å². The van der Waals surface area contributed by atoms with Crippen LogP contribution in [0.3, 0.4) is 0 Å². The summed E-state index contributed by atoms with van der Waals surface area (Å²) >= 11 is 0. The molecule has 1 aromatic carbocycles. The molecule has 7 nitrogen and oxygen atoms in total. The first-order valence-corrected chi connectivity index (χ1v) is 9.34. The molecule has 0 bridgehead atoms. The predicted octanol–water partition coefficient (Wildman–Crippen LogP) is 1.72. The first-order chi connectivity index (χ1) is 12.8. The number of methoxy groups -OCH3 is 1. The molecule has 1 fully saturated rings. The minimum atomic E-state index is 0. The van der Waals surface area contributed by atoms with E-state index in [2.05, 4.69) is 33.5 Å². The number of aliphatic imine (C=N–C) groups is 1. The van der Waals surface area contributed by atoms with Gasteiger partial charge >= 0.3 is 0 Å². The lowest BCUT2D eigenvalue weighted by Gasteiger charge is -2.26. The summed E-state index contributed by atoms with van der Waals surface area (Å²) in [6, 6.07) is 8.03. The number of nitrogens with zero attached hydrogens (tertiary/aromatic N) is 2. The normalized spacial score (nSPS) is 15.1. The minimum Gasteiger partial charge on any atom is -0.491 e. The van der Waals surface area contributed by atoms with Crippen molar-refractivity contribution in [2.75, 3.05) is 66.3 Å². The maximum absolute atomic E-state index is 5.65. The molecule has 0 aliphatic carbocycles. The van der Waals surface area contributed by atoms with Gasteiger partial charge < -0.3 is 24.8 Å². The molecule has 1 saturated heterocycles. The molecule has 0 atom stereocenters. The Hall–Kier alpha value is -1.10. The van der Waals surface area contributed by atoms with E-state index in [9.17, 15) is 0 Å². The zero-order valence-corrected chi connectivity index (χ0v) is 18.7. The van der Waals surface area contributed by atoms with E-state index in [0.29, 0.717) is 19.8 Å². The van der Waals surface area contributed by atoms with Crippen LogP contribution in [0.15, 0.2) is 29.3 Å². The van der Waals surface area contributed by atoms with Gasteiger partial charge in [-0.05, 0) is 24.6 Å². The largest absolute Gasteiger partial charge is 0.491 e. The van der Waals surface area contributed by atoms with Crippen molar-refractivity contribution in [3.05, 3.63) is 29.8 Å². The third-order valence-electron chi connectivity index (χ3n) is 4.04. The van der Waals surface area contributed by atoms with Crippen LogP contribution in [0.1, 0.15) is 12.5 Å². The number of benzene rings is 1. The highest BCUT2D eigenvalue weighted by atomic mass is 127. The predicted molar refractivity (Wildman–Crippen MR) is 119 cm³/mol. The summed E-state index contributed by atoms with van der Waals surface area (Å²) < 4.78 is 16.0. The van der Waals surface area contributed by atoms with Gasteiger partial charge in [0.1, 0.15) is 12.4 Å². The fourth-order valence-corrected chi connectivity index (χ4v) is 2.65. The van der Waals surface area contributed by atoms with E-state index in [1.165, 1.54) is 0 Å². The second kappa shape index (κ2) is 14.9. The summed E-state index contributed by atoms with van der Waals surface area (Å²) in [6.45, 7) is 10.2. The topological polar surface area (TPSA) is 67.4 Å². The molecule has 0 saturated carbocycles. The van der Waals surface area contributed by atoms with Crippen LogP contribution < -0.4 is 15.4 Å². The van der Waals surface area contributed by atoms with Crippen LogP contribution in [0.4, 0.5) is 0 Å².